The van der Waals surface area contributed by atoms with Gasteiger partial charge in [0.2, 0.25) is 5.91 Å². The second-order valence-corrected chi connectivity index (χ2v) is 10.3. The Bertz CT molecular complexity index is 1750. The van der Waals surface area contributed by atoms with Gasteiger partial charge in [-0.2, -0.15) is 0 Å². The van der Waals surface area contributed by atoms with Crippen LogP contribution in [-0.2, 0) is 17.9 Å². The Kier molecular flexibility index (Phi) is 10.2. The molecule has 4 N–H and O–H groups in total. The van der Waals surface area contributed by atoms with Crippen LogP contribution in [0.25, 0.3) is 22.2 Å². The molecular weight excluding hydrogens is 589 g/mol. The zero-order valence-corrected chi connectivity index (χ0v) is 24.7. The van der Waals surface area contributed by atoms with Crippen molar-refractivity contribution in [2.45, 2.75) is 32.4 Å². The van der Waals surface area contributed by atoms with Crippen LogP contribution in [0.3, 0.4) is 0 Å². The number of nitrogens with zero attached hydrogens (tertiary/aromatic N) is 2. The average Bonchev–Trinajstić information content (AvgIpc) is 3.50. The highest BCUT2D eigenvalue weighted by atomic mass is 35.5. The number of benzene rings is 3. The van der Waals surface area contributed by atoms with Gasteiger partial charge in [0, 0.05) is 23.6 Å². The number of amides is 1. The number of anilines is 2. The maximum absolute atomic E-state index is 13.5. The van der Waals surface area contributed by atoms with Gasteiger partial charge in [0.25, 0.3) is 0 Å². The first-order valence-corrected chi connectivity index (χ1v) is 14.3. The maximum Gasteiger partial charge on any atom is 0.243 e. The molecule has 44 heavy (non-hydrogen) atoms. The molecule has 12 heteroatoms. The molecule has 0 bridgehead atoms. The van der Waals surface area contributed by atoms with Crippen molar-refractivity contribution in [3.8, 4) is 22.8 Å². The normalized spacial score (nSPS) is 11.0. The van der Waals surface area contributed by atoms with Crippen LogP contribution in [0, 0.1) is 5.82 Å². The number of carbonyl (C=O) groups is 1. The van der Waals surface area contributed by atoms with Crippen LogP contribution in [0.4, 0.5) is 15.9 Å². The van der Waals surface area contributed by atoms with Gasteiger partial charge in [0.05, 0.1) is 29.8 Å². The van der Waals surface area contributed by atoms with Crippen LogP contribution in [0.1, 0.15) is 30.6 Å². The monoisotopic (exact) mass is 619 g/mol. The second-order valence-electron chi connectivity index (χ2n) is 9.92. The molecule has 0 radical (unpaired) electrons. The van der Waals surface area contributed by atoms with E-state index in [1.54, 1.807) is 36.9 Å². The molecular formula is C32H31ClFN5O5. The van der Waals surface area contributed by atoms with Gasteiger partial charge in [0.1, 0.15) is 47.6 Å². The lowest BCUT2D eigenvalue weighted by Gasteiger charge is -2.13. The van der Waals surface area contributed by atoms with Crippen LogP contribution >= 0.6 is 11.6 Å². The van der Waals surface area contributed by atoms with Crippen molar-refractivity contribution in [3.63, 3.8) is 0 Å². The molecule has 10 nitrogen and oxygen atoms in total. The molecule has 0 aliphatic rings. The third kappa shape index (κ3) is 7.81. The van der Waals surface area contributed by atoms with Crippen molar-refractivity contribution in [2.75, 3.05) is 19.0 Å². The summed E-state index contributed by atoms with van der Waals surface area (Å²) in [5.41, 5.74) is 4.43. The fraction of sp³-hybridized carbons (Fsp3) is 0.219. The fourth-order valence-corrected chi connectivity index (χ4v) is 4.82. The molecule has 0 atom stereocenters. The molecule has 0 aliphatic carbocycles. The molecule has 228 valence electrons. The van der Waals surface area contributed by atoms with Crippen LogP contribution in [0.5, 0.6) is 11.5 Å². The summed E-state index contributed by atoms with van der Waals surface area (Å²) in [6, 6.07) is 19.0. The van der Waals surface area contributed by atoms with Gasteiger partial charge in [-0.3, -0.25) is 10.0 Å². The predicted molar refractivity (Wildman–Crippen MR) is 165 cm³/mol. The van der Waals surface area contributed by atoms with Crippen LogP contribution in [0.15, 0.2) is 77.5 Å². The highest BCUT2D eigenvalue weighted by molar-refractivity contribution is 6.32. The quantitative estimate of drug-likeness (QED) is 0.0603. The first kappa shape index (κ1) is 30.7. The molecule has 2 heterocycles. The Morgan fingerprint density at radius 2 is 1.93 bits per heavy atom. The van der Waals surface area contributed by atoms with Gasteiger partial charge >= 0.3 is 0 Å². The lowest BCUT2D eigenvalue weighted by molar-refractivity contribution is -0.129. The molecule has 0 aliphatic heterocycles. The van der Waals surface area contributed by atoms with E-state index < -0.39 is 0 Å². The summed E-state index contributed by atoms with van der Waals surface area (Å²) >= 11 is 6.51. The van der Waals surface area contributed by atoms with E-state index in [1.165, 1.54) is 18.5 Å². The molecule has 0 fully saturated rings. The minimum atomic E-state index is -0.390. The Balaban J connectivity index is 1.29. The van der Waals surface area contributed by atoms with Crippen molar-refractivity contribution >= 4 is 39.9 Å². The number of hydrogen-bond acceptors (Lipinski definition) is 9. The fourth-order valence-electron chi connectivity index (χ4n) is 4.59. The molecule has 5 aromatic rings. The van der Waals surface area contributed by atoms with E-state index in [1.807, 2.05) is 30.3 Å². The number of fused-ring (bicyclic) bond motifs is 1. The molecule has 0 saturated heterocycles. The van der Waals surface area contributed by atoms with Crippen LogP contribution in [0.2, 0.25) is 5.02 Å². The lowest BCUT2D eigenvalue weighted by atomic mass is 10.1. The minimum absolute atomic E-state index is 0.182. The highest BCUT2D eigenvalue weighted by Gasteiger charge is 2.16. The molecule has 0 spiro atoms. The zero-order chi connectivity index (χ0) is 30.9. The Hall–Kier alpha value is -4.71. The number of hydroxylamine groups is 1. The Morgan fingerprint density at radius 1 is 1.05 bits per heavy atom. The standard InChI is InChI=1S/C32H31ClFN5O5/c1-42-30-16-27-24(15-25(30)28-11-9-23(44-28)17-35-12-3-2-7-31(40)39-41)32(37-19-36-27)38-22-8-10-29(26(33)14-22)43-18-20-5-4-6-21(34)13-20/h4-6,8-11,13-16,19,35,41H,2-3,7,12,17-18H2,1H3,(H,39,40)(H,36,37,38). The molecule has 3 aromatic carbocycles. The lowest BCUT2D eigenvalue weighted by Crippen LogP contribution is -2.19. The molecule has 5 rings (SSSR count). The second kappa shape index (κ2) is 14.6. The number of unbranched alkanes of at least 4 members (excludes halogenated alkanes) is 1. The zero-order valence-electron chi connectivity index (χ0n) is 23.9. The maximum atomic E-state index is 13.5. The summed E-state index contributed by atoms with van der Waals surface area (Å²) < 4.78 is 31.1. The van der Waals surface area contributed by atoms with Gasteiger partial charge in [-0.1, -0.05) is 23.7 Å². The highest BCUT2D eigenvalue weighted by Crippen LogP contribution is 2.37. The van der Waals surface area contributed by atoms with Crippen molar-refractivity contribution in [1.82, 2.24) is 20.8 Å². The van der Waals surface area contributed by atoms with E-state index in [2.05, 4.69) is 20.6 Å². The third-order valence-electron chi connectivity index (χ3n) is 6.79. The third-order valence-corrected chi connectivity index (χ3v) is 7.09. The van der Waals surface area contributed by atoms with E-state index in [0.717, 1.165) is 23.1 Å². The Morgan fingerprint density at radius 3 is 2.73 bits per heavy atom. The summed E-state index contributed by atoms with van der Waals surface area (Å²) in [4.78, 5) is 20.0. The van der Waals surface area contributed by atoms with Crippen LogP contribution < -0.4 is 25.6 Å². The van der Waals surface area contributed by atoms with Gasteiger partial charge in [-0.05, 0) is 73.5 Å². The smallest absolute Gasteiger partial charge is 0.243 e. The number of methoxy groups -OCH3 is 1. The van der Waals surface area contributed by atoms with Gasteiger partial charge in [0.15, 0.2) is 0 Å². The number of halogens is 2. The molecule has 2 aromatic heterocycles. The topological polar surface area (TPSA) is 131 Å². The number of furan rings is 1. The summed E-state index contributed by atoms with van der Waals surface area (Å²) in [6.07, 6.45) is 3.19. The Labute approximate surface area is 258 Å². The summed E-state index contributed by atoms with van der Waals surface area (Å²) in [5.74, 6) is 2.28. The first-order valence-electron chi connectivity index (χ1n) is 13.9. The SMILES string of the molecule is COc1cc2ncnc(Nc3ccc(OCc4cccc(F)c4)c(Cl)c3)c2cc1-c1ccc(CNCCCCC(=O)NO)o1. The van der Waals surface area contributed by atoms with E-state index in [0.29, 0.717) is 64.4 Å². The van der Waals surface area contributed by atoms with Crippen molar-refractivity contribution in [1.29, 1.82) is 0 Å². The van der Waals surface area contributed by atoms with Crippen molar-refractivity contribution in [2.24, 2.45) is 0 Å². The summed E-state index contributed by atoms with van der Waals surface area (Å²) in [7, 11) is 1.59. The average molecular weight is 620 g/mol. The predicted octanol–water partition coefficient (Wildman–Crippen LogP) is 6.78. The number of rotatable bonds is 14. The summed E-state index contributed by atoms with van der Waals surface area (Å²) in [5, 5.41) is 16.3. The molecule has 0 saturated carbocycles. The molecule has 0 unspecified atom stereocenters. The minimum Gasteiger partial charge on any atom is -0.496 e. The van der Waals surface area contributed by atoms with E-state index >= 15 is 0 Å². The van der Waals surface area contributed by atoms with E-state index in [4.69, 9.17) is 30.7 Å². The number of ether oxygens (including phenoxy) is 2. The number of hydrogen-bond donors (Lipinski definition) is 4. The van der Waals surface area contributed by atoms with Crippen molar-refractivity contribution < 1.29 is 28.3 Å². The van der Waals surface area contributed by atoms with E-state index in [-0.39, 0.29) is 24.8 Å². The van der Waals surface area contributed by atoms with Gasteiger partial charge < -0.3 is 24.5 Å². The number of aromatic nitrogens is 2. The summed E-state index contributed by atoms with van der Waals surface area (Å²) in [6.45, 7) is 1.40. The number of nitrogens with one attached hydrogen (secondary N) is 3. The van der Waals surface area contributed by atoms with Crippen molar-refractivity contribution in [3.05, 3.63) is 95.2 Å². The first-order chi connectivity index (χ1) is 21.4. The molecule has 1 amide bonds. The van der Waals surface area contributed by atoms with Gasteiger partial charge in [-0.25, -0.2) is 19.8 Å². The van der Waals surface area contributed by atoms with Gasteiger partial charge in [-0.15, -0.1) is 0 Å². The number of carbonyl (C=O) groups excluding carboxylic acids is 1. The van der Waals surface area contributed by atoms with E-state index in [9.17, 15) is 9.18 Å². The van der Waals surface area contributed by atoms with Crippen LogP contribution in [-0.4, -0.2) is 34.7 Å². The largest absolute Gasteiger partial charge is 0.496 e.